The Morgan fingerprint density at radius 2 is 2.14 bits per heavy atom. The molecule has 6 nitrogen and oxygen atoms in total. The summed E-state index contributed by atoms with van der Waals surface area (Å²) in [6, 6.07) is 6.70. The van der Waals surface area contributed by atoms with Crippen molar-refractivity contribution in [3.8, 4) is 17.7 Å². The van der Waals surface area contributed by atoms with Gasteiger partial charge in [0, 0.05) is 30.4 Å². The number of ether oxygens (including phenoxy) is 1. The molecule has 1 N–H and O–H groups in total. The summed E-state index contributed by atoms with van der Waals surface area (Å²) in [5.41, 5.74) is 0.474. The molecule has 3 fully saturated rings. The molecule has 0 spiro atoms. The zero-order valence-electron chi connectivity index (χ0n) is 15.9. The van der Waals surface area contributed by atoms with Crippen LogP contribution in [0.5, 0.6) is 5.75 Å². The van der Waals surface area contributed by atoms with E-state index in [0.717, 1.165) is 38.5 Å². The largest absolute Gasteiger partial charge is 0.573 e. The minimum atomic E-state index is -4.81. The summed E-state index contributed by atoms with van der Waals surface area (Å²) in [5, 5.41) is 6.95. The van der Waals surface area contributed by atoms with Gasteiger partial charge < -0.3 is 9.64 Å². The molecule has 9 heteroatoms. The molecule has 1 aromatic heterocycles. The number of nitrogens with one attached hydrogen (secondary N) is 1. The SMILES string of the molecule is CCN(C#C[C@@H]1CN2CCC1CC2)C(=O)c1n[nH]c2ccc(OC(F)(F)F)cc12. The first-order valence-electron chi connectivity index (χ1n) is 9.63. The smallest absolute Gasteiger partial charge is 0.406 e. The van der Waals surface area contributed by atoms with Crippen molar-refractivity contribution < 1.29 is 22.7 Å². The minimum Gasteiger partial charge on any atom is -0.406 e. The number of H-pyrrole nitrogens is 1. The Hall–Kier alpha value is -2.73. The number of carbonyl (C=O) groups is 1. The molecule has 1 aromatic carbocycles. The molecule has 154 valence electrons. The lowest BCUT2D eigenvalue weighted by atomic mass is 9.79. The molecule has 3 saturated heterocycles. The fraction of sp³-hybridized carbons (Fsp3) is 0.500. The van der Waals surface area contributed by atoms with Gasteiger partial charge in [0.25, 0.3) is 5.91 Å². The topological polar surface area (TPSA) is 61.5 Å². The van der Waals surface area contributed by atoms with Crippen LogP contribution >= 0.6 is 0 Å². The molecule has 1 atom stereocenters. The Morgan fingerprint density at radius 3 is 2.76 bits per heavy atom. The van der Waals surface area contributed by atoms with Crippen LogP contribution in [0.15, 0.2) is 18.2 Å². The van der Waals surface area contributed by atoms with Gasteiger partial charge in [-0.15, -0.1) is 13.2 Å². The van der Waals surface area contributed by atoms with Gasteiger partial charge in [0.05, 0.1) is 5.52 Å². The number of hydrogen-bond donors (Lipinski definition) is 1. The van der Waals surface area contributed by atoms with E-state index in [9.17, 15) is 18.0 Å². The van der Waals surface area contributed by atoms with Gasteiger partial charge in [-0.25, -0.2) is 0 Å². The quantitative estimate of drug-likeness (QED) is 0.628. The van der Waals surface area contributed by atoms with E-state index in [1.165, 1.54) is 17.0 Å². The number of nitrogens with zero attached hydrogens (tertiary/aromatic N) is 3. The summed E-state index contributed by atoms with van der Waals surface area (Å²) in [5.74, 6) is 3.19. The third-order valence-corrected chi connectivity index (χ3v) is 5.57. The number of halogens is 3. The maximum absolute atomic E-state index is 12.9. The highest BCUT2D eigenvalue weighted by Crippen LogP contribution is 2.32. The van der Waals surface area contributed by atoms with E-state index in [1.54, 1.807) is 6.92 Å². The Balaban J connectivity index is 1.57. The molecule has 0 saturated carbocycles. The first-order valence-corrected chi connectivity index (χ1v) is 9.63. The Morgan fingerprint density at radius 1 is 1.38 bits per heavy atom. The van der Waals surface area contributed by atoms with Gasteiger partial charge in [0.1, 0.15) is 5.75 Å². The molecule has 2 aromatic rings. The highest BCUT2D eigenvalue weighted by Gasteiger charge is 2.33. The molecule has 29 heavy (non-hydrogen) atoms. The summed E-state index contributed by atoms with van der Waals surface area (Å²) in [4.78, 5) is 16.7. The van der Waals surface area contributed by atoms with Crippen LogP contribution in [0.25, 0.3) is 10.9 Å². The molecule has 0 radical (unpaired) electrons. The van der Waals surface area contributed by atoms with E-state index >= 15 is 0 Å². The summed E-state index contributed by atoms with van der Waals surface area (Å²) in [7, 11) is 0. The first-order chi connectivity index (χ1) is 13.8. The molecule has 0 unspecified atom stereocenters. The van der Waals surface area contributed by atoms with Crippen molar-refractivity contribution in [2.24, 2.45) is 11.8 Å². The molecule has 4 heterocycles. The van der Waals surface area contributed by atoms with Crippen molar-refractivity contribution in [1.82, 2.24) is 20.0 Å². The van der Waals surface area contributed by atoms with Crippen molar-refractivity contribution in [2.45, 2.75) is 26.1 Å². The van der Waals surface area contributed by atoms with E-state index in [-0.39, 0.29) is 17.0 Å². The van der Waals surface area contributed by atoms with E-state index in [0.29, 0.717) is 18.0 Å². The number of alkyl halides is 3. The van der Waals surface area contributed by atoms with E-state index < -0.39 is 18.0 Å². The lowest BCUT2D eigenvalue weighted by Crippen LogP contribution is -2.47. The monoisotopic (exact) mass is 406 g/mol. The number of aromatic nitrogens is 2. The molecule has 0 aliphatic carbocycles. The minimum absolute atomic E-state index is 0.0256. The van der Waals surface area contributed by atoms with Crippen molar-refractivity contribution in [3.05, 3.63) is 23.9 Å². The van der Waals surface area contributed by atoms with Gasteiger partial charge in [-0.2, -0.15) is 5.10 Å². The maximum atomic E-state index is 12.9. The Labute approximate surface area is 166 Å². The second-order valence-electron chi connectivity index (χ2n) is 7.38. The van der Waals surface area contributed by atoms with E-state index in [2.05, 4.69) is 31.8 Å². The number of rotatable bonds is 3. The molecule has 3 aliphatic rings. The summed E-state index contributed by atoms with van der Waals surface area (Å²) in [6.07, 6.45) is -2.55. The summed E-state index contributed by atoms with van der Waals surface area (Å²) in [6.45, 7) is 5.30. The zero-order chi connectivity index (χ0) is 20.6. The van der Waals surface area contributed by atoms with Crippen LogP contribution in [-0.2, 0) is 0 Å². The third-order valence-electron chi connectivity index (χ3n) is 5.57. The fourth-order valence-corrected chi connectivity index (χ4v) is 4.04. The highest BCUT2D eigenvalue weighted by molar-refractivity contribution is 6.05. The number of carbonyl (C=O) groups excluding carboxylic acids is 1. The average Bonchev–Trinajstić information content (AvgIpc) is 3.11. The van der Waals surface area contributed by atoms with Crippen molar-refractivity contribution in [1.29, 1.82) is 0 Å². The predicted octanol–water partition coefficient (Wildman–Crippen LogP) is 3.23. The van der Waals surface area contributed by atoms with Crippen LogP contribution in [0.3, 0.4) is 0 Å². The second-order valence-corrected chi connectivity index (χ2v) is 7.38. The van der Waals surface area contributed by atoms with Gasteiger partial charge in [0.15, 0.2) is 5.69 Å². The van der Waals surface area contributed by atoms with Crippen LogP contribution in [0, 0.1) is 23.8 Å². The van der Waals surface area contributed by atoms with E-state index in [1.807, 2.05) is 0 Å². The van der Waals surface area contributed by atoms with Crippen molar-refractivity contribution >= 4 is 16.8 Å². The van der Waals surface area contributed by atoms with Crippen LogP contribution in [0.1, 0.15) is 30.3 Å². The van der Waals surface area contributed by atoms with Crippen molar-refractivity contribution in [3.63, 3.8) is 0 Å². The van der Waals surface area contributed by atoms with Crippen molar-refractivity contribution in [2.75, 3.05) is 26.2 Å². The number of piperidine rings is 3. The van der Waals surface area contributed by atoms with Crippen LogP contribution < -0.4 is 4.74 Å². The normalized spacial score (nSPS) is 23.5. The summed E-state index contributed by atoms with van der Waals surface area (Å²) >= 11 is 0. The molecule has 5 rings (SSSR count). The number of fused-ring (bicyclic) bond motifs is 4. The maximum Gasteiger partial charge on any atom is 0.573 e. The Bertz CT molecular complexity index is 967. The third kappa shape index (κ3) is 4.17. The first kappa shape index (κ1) is 19.6. The molecule has 2 bridgehead atoms. The Kier molecular flexibility index (Phi) is 5.13. The number of hydrogen-bond acceptors (Lipinski definition) is 4. The van der Waals surface area contributed by atoms with Gasteiger partial charge in [-0.3, -0.25) is 14.8 Å². The standard InChI is InChI=1S/C20H21F3N4O2/c1-2-27(10-7-14-12-26-8-5-13(14)6-9-26)19(28)18-16-11-15(29-20(21,22)23)3-4-17(16)24-25-18/h3-4,11,13-14H,2,5-6,8-9,12H2,1H3,(H,24,25)/t14-/m1/s1. The fourth-order valence-electron chi connectivity index (χ4n) is 4.04. The predicted molar refractivity (Wildman–Crippen MR) is 99.9 cm³/mol. The summed E-state index contributed by atoms with van der Waals surface area (Å²) < 4.78 is 41.5. The van der Waals surface area contributed by atoms with Gasteiger partial charge in [-0.1, -0.05) is 5.92 Å². The molecule has 3 aliphatic heterocycles. The van der Waals surface area contributed by atoms with E-state index in [4.69, 9.17) is 0 Å². The number of aromatic amines is 1. The van der Waals surface area contributed by atoms with Crippen LogP contribution in [-0.4, -0.2) is 58.4 Å². The number of amides is 1. The molecule has 1 amide bonds. The lowest BCUT2D eigenvalue weighted by Gasteiger charge is -2.42. The molecular formula is C20H21F3N4O2. The lowest BCUT2D eigenvalue weighted by molar-refractivity contribution is -0.274. The average molecular weight is 406 g/mol. The van der Waals surface area contributed by atoms with Crippen LogP contribution in [0.4, 0.5) is 13.2 Å². The van der Waals surface area contributed by atoms with Crippen LogP contribution in [0.2, 0.25) is 0 Å². The highest BCUT2D eigenvalue weighted by atomic mass is 19.4. The second kappa shape index (κ2) is 7.59. The van der Waals surface area contributed by atoms with Gasteiger partial charge in [-0.05, 0) is 57.0 Å². The zero-order valence-corrected chi connectivity index (χ0v) is 15.9. The van der Waals surface area contributed by atoms with Gasteiger partial charge in [0.2, 0.25) is 0 Å². The number of benzene rings is 1. The van der Waals surface area contributed by atoms with Gasteiger partial charge >= 0.3 is 6.36 Å². The molecular weight excluding hydrogens is 385 g/mol.